The first-order valence-corrected chi connectivity index (χ1v) is 9.19. The van der Waals surface area contributed by atoms with Crippen molar-refractivity contribution in [1.29, 1.82) is 5.26 Å². The lowest BCUT2D eigenvalue weighted by atomic mass is 9.58. The number of rotatable bonds is 2. The van der Waals surface area contributed by atoms with E-state index < -0.39 is 0 Å². The highest BCUT2D eigenvalue weighted by Gasteiger charge is 2.56. The van der Waals surface area contributed by atoms with Gasteiger partial charge >= 0.3 is 0 Å². The Morgan fingerprint density at radius 3 is 2.62 bits per heavy atom. The summed E-state index contributed by atoms with van der Waals surface area (Å²) in [6, 6.07) is 9.16. The van der Waals surface area contributed by atoms with Crippen molar-refractivity contribution in [3.8, 4) is 6.07 Å². The van der Waals surface area contributed by atoms with Crippen molar-refractivity contribution in [2.75, 3.05) is 6.54 Å². The number of aryl methyl sites for hydroxylation is 1. The molecule has 2 fully saturated rings. The van der Waals surface area contributed by atoms with E-state index >= 15 is 0 Å². The molecule has 130 valence electrons. The maximum absolute atomic E-state index is 9.61. The van der Waals surface area contributed by atoms with Crippen LogP contribution in [0, 0.1) is 30.1 Å². The van der Waals surface area contributed by atoms with E-state index in [4.69, 9.17) is 4.84 Å². The van der Waals surface area contributed by atoms with Gasteiger partial charge in [0.25, 0.3) is 0 Å². The molecule has 1 aliphatic heterocycles. The van der Waals surface area contributed by atoms with Gasteiger partial charge in [0, 0.05) is 18.5 Å². The fourth-order valence-corrected chi connectivity index (χ4v) is 5.24. The molecular formula is C21H30N2O. The van der Waals surface area contributed by atoms with E-state index in [-0.39, 0.29) is 11.0 Å². The van der Waals surface area contributed by atoms with E-state index in [0.29, 0.717) is 17.9 Å². The summed E-state index contributed by atoms with van der Waals surface area (Å²) >= 11 is 0. The second-order valence-corrected chi connectivity index (χ2v) is 8.63. The van der Waals surface area contributed by atoms with Crippen LogP contribution in [0.4, 0.5) is 0 Å². The first kappa shape index (κ1) is 17.5. The topological polar surface area (TPSA) is 36.3 Å². The zero-order valence-corrected chi connectivity index (χ0v) is 15.9. The van der Waals surface area contributed by atoms with E-state index in [1.807, 2.05) is 12.1 Å². The average molecular weight is 326 g/mol. The van der Waals surface area contributed by atoms with Crippen LogP contribution in [0.1, 0.15) is 64.2 Å². The molecule has 4 atom stereocenters. The van der Waals surface area contributed by atoms with E-state index in [1.54, 1.807) is 0 Å². The SMILES string of the molecule is CCN1OC(C)(C)[C@@H]2C[C@](C)(c3cc(C)ccc3C#N)C[C@H](C)[C@H]21. The molecule has 1 aromatic carbocycles. The van der Waals surface area contributed by atoms with Crippen LogP contribution in [0.2, 0.25) is 0 Å². The second kappa shape index (κ2) is 5.86. The van der Waals surface area contributed by atoms with Crippen LogP contribution in [0.5, 0.6) is 0 Å². The van der Waals surface area contributed by atoms with Crippen LogP contribution >= 0.6 is 0 Å². The number of nitriles is 1. The highest BCUT2D eigenvalue weighted by molar-refractivity contribution is 5.45. The molecule has 0 radical (unpaired) electrons. The molecule has 0 unspecified atom stereocenters. The normalized spacial score (nSPS) is 35.5. The summed E-state index contributed by atoms with van der Waals surface area (Å²) in [5.41, 5.74) is 3.17. The van der Waals surface area contributed by atoms with Gasteiger partial charge in [-0.15, -0.1) is 0 Å². The fraction of sp³-hybridized carbons (Fsp3) is 0.667. The first-order chi connectivity index (χ1) is 11.2. The van der Waals surface area contributed by atoms with Crippen LogP contribution in [0.25, 0.3) is 0 Å². The number of hydrogen-bond donors (Lipinski definition) is 0. The quantitative estimate of drug-likeness (QED) is 0.798. The molecule has 1 heterocycles. The largest absolute Gasteiger partial charge is 0.292 e. The van der Waals surface area contributed by atoms with Gasteiger partial charge in [-0.25, -0.2) is 0 Å². The number of benzene rings is 1. The summed E-state index contributed by atoms with van der Waals surface area (Å²) in [5.74, 6) is 1.03. The van der Waals surface area contributed by atoms with Crippen LogP contribution in [0.15, 0.2) is 18.2 Å². The molecule has 3 nitrogen and oxygen atoms in total. The summed E-state index contributed by atoms with van der Waals surface area (Å²) in [6.45, 7) is 14.4. The van der Waals surface area contributed by atoms with Gasteiger partial charge in [0.2, 0.25) is 0 Å². The zero-order chi connectivity index (χ0) is 17.7. The Bertz CT molecular complexity index is 675. The molecule has 1 saturated heterocycles. The maximum atomic E-state index is 9.61. The highest BCUT2D eigenvalue weighted by Crippen LogP contribution is 2.53. The average Bonchev–Trinajstić information content (AvgIpc) is 2.78. The minimum atomic E-state index is -0.146. The summed E-state index contributed by atoms with van der Waals surface area (Å²) in [6.07, 6.45) is 2.17. The van der Waals surface area contributed by atoms with E-state index in [9.17, 15) is 5.26 Å². The molecule has 2 aliphatic rings. The minimum absolute atomic E-state index is 0.0298. The van der Waals surface area contributed by atoms with Gasteiger partial charge in [-0.3, -0.25) is 4.84 Å². The Kier molecular flexibility index (Phi) is 4.26. The third-order valence-electron chi connectivity index (χ3n) is 6.27. The molecule has 24 heavy (non-hydrogen) atoms. The zero-order valence-electron chi connectivity index (χ0n) is 15.9. The summed E-state index contributed by atoms with van der Waals surface area (Å²) in [5, 5.41) is 11.8. The second-order valence-electron chi connectivity index (χ2n) is 8.63. The Morgan fingerprint density at radius 1 is 1.29 bits per heavy atom. The van der Waals surface area contributed by atoms with Gasteiger partial charge in [0.05, 0.1) is 17.2 Å². The maximum Gasteiger partial charge on any atom is 0.0994 e. The van der Waals surface area contributed by atoms with Crippen molar-refractivity contribution in [2.24, 2.45) is 11.8 Å². The molecule has 1 saturated carbocycles. The van der Waals surface area contributed by atoms with Gasteiger partial charge in [-0.2, -0.15) is 10.3 Å². The van der Waals surface area contributed by atoms with Crippen molar-refractivity contribution >= 4 is 0 Å². The summed E-state index contributed by atoms with van der Waals surface area (Å²) in [7, 11) is 0. The van der Waals surface area contributed by atoms with Crippen molar-refractivity contribution < 1.29 is 4.84 Å². The molecule has 0 amide bonds. The molecule has 0 N–H and O–H groups in total. The first-order valence-electron chi connectivity index (χ1n) is 9.19. The van der Waals surface area contributed by atoms with Crippen LogP contribution < -0.4 is 0 Å². The molecule has 0 spiro atoms. The van der Waals surface area contributed by atoms with Gasteiger partial charge < -0.3 is 0 Å². The Balaban J connectivity index is 2.03. The number of hydroxylamine groups is 2. The van der Waals surface area contributed by atoms with E-state index in [0.717, 1.165) is 24.9 Å². The number of fused-ring (bicyclic) bond motifs is 1. The van der Waals surface area contributed by atoms with Gasteiger partial charge in [-0.1, -0.05) is 38.5 Å². The highest BCUT2D eigenvalue weighted by atomic mass is 16.7. The number of hydrogen-bond acceptors (Lipinski definition) is 3. The predicted octanol–water partition coefficient (Wildman–Crippen LogP) is 4.58. The van der Waals surface area contributed by atoms with Gasteiger partial charge in [-0.05, 0) is 56.6 Å². The summed E-state index contributed by atoms with van der Waals surface area (Å²) < 4.78 is 0. The molecule has 3 rings (SSSR count). The smallest absolute Gasteiger partial charge is 0.0994 e. The Morgan fingerprint density at radius 2 is 2.00 bits per heavy atom. The lowest BCUT2D eigenvalue weighted by Gasteiger charge is -2.47. The molecule has 0 aromatic heterocycles. The lowest BCUT2D eigenvalue weighted by Crippen LogP contribution is -2.49. The molecular weight excluding hydrogens is 296 g/mol. The lowest BCUT2D eigenvalue weighted by molar-refractivity contribution is -0.195. The monoisotopic (exact) mass is 326 g/mol. The summed E-state index contributed by atoms with van der Waals surface area (Å²) in [4.78, 5) is 6.29. The third-order valence-corrected chi connectivity index (χ3v) is 6.27. The van der Waals surface area contributed by atoms with Crippen LogP contribution in [-0.4, -0.2) is 23.3 Å². The van der Waals surface area contributed by atoms with Crippen LogP contribution in [-0.2, 0) is 10.3 Å². The van der Waals surface area contributed by atoms with Gasteiger partial charge in [0.15, 0.2) is 0 Å². The minimum Gasteiger partial charge on any atom is -0.292 e. The van der Waals surface area contributed by atoms with Crippen LogP contribution in [0.3, 0.4) is 0 Å². The van der Waals surface area contributed by atoms with Crippen molar-refractivity contribution in [2.45, 2.75) is 71.4 Å². The standard InChI is InChI=1S/C21H30N2O/c1-7-23-19-15(3)11-21(6,12-18(19)20(4,5)24-23)17-10-14(2)8-9-16(17)13-22/h8-10,15,18-19H,7,11-12H2,1-6H3/t15-,18+,19+,21+/m0/s1. The Labute approximate surface area is 146 Å². The van der Waals surface area contributed by atoms with Crippen molar-refractivity contribution in [3.05, 3.63) is 34.9 Å². The number of nitrogens with zero attached hydrogens (tertiary/aromatic N) is 2. The van der Waals surface area contributed by atoms with Gasteiger partial charge in [0.1, 0.15) is 0 Å². The van der Waals surface area contributed by atoms with E-state index in [2.05, 4.69) is 58.7 Å². The van der Waals surface area contributed by atoms with E-state index in [1.165, 1.54) is 11.1 Å². The molecule has 3 heteroatoms. The third kappa shape index (κ3) is 2.66. The Hall–Kier alpha value is -1.37. The fourth-order valence-electron chi connectivity index (χ4n) is 5.24. The molecule has 0 bridgehead atoms. The van der Waals surface area contributed by atoms with Crippen molar-refractivity contribution in [1.82, 2.24) is 5.06 Å². The van der Waals surface area contributed by atoms with Crippen molar-refractivity contribution in [3.63, 3.8) is 0 Å². The molecule has 1 aliphatic carbocycles. The predicted molar refractivity (Wildman–Crippen MR) is 96.5 cm³/mol. The molecule has 1 aromatic rings.